The van der Waals surface area contributed by atoms with Crippen LogP contribution in [-0.4, -0.2) is 26.0 Å². The van der Waals surface area contributed by atoms with Crippen LogP contribution in [0.5, 0.6) is 0 Å². The molecule has 1 fully saturated rings. The number of aryl methyl sites for hydroxylation is 1. The summed E-state index contributed by atoms with van der Waals surface area (Å²) in [7, 11) is -3.72. The molecule has 0 radical (unpaired) electrons. The van der Waals surface area contributed by atoms with E-state index >= 15 is 0 Å². The Labute approximate surface area is 176 Å². The molecule has 5 N–H and O–H groups in total. The molecule has 0 amide bonds. The summed E-state index contributed by atoms with van der Waals surface area (Å²) in [5.41, 5.74) is 13.7. The van der Waals surface area contributed by atoms with E-state index < -0.39 is 15.7 Å². The van der Waals surface area contributed by atoms with Crippen molar-refractivity contribution in [2.75, 3.05) is 9.62 Å². The van der Waals surface area contributed by atoms with Crippen LogP contribution < -0.4 is 21.1 Å². The van der Waals surface area contributed by atoms with Crippen LogP contribution in [0.3, 0.4) is 0 Å². The van der Waals surface area contributed by atoms with Crippen molar-refractivity contribution in [3.63, 3.8) is 0 Å². The van der Waals surface area contributed by atoms with Crippen LogP contribution in [0, 0.1) is 6.92 Å². The molecule has 1 spiro atoms. The molecule has 0 aromatic heterocycles. The number of hydrogen-bond donors (Lipinski definition) is 3. The van der Waals surface area contributed by atoms with Gasteiger partial charge in [-0.25, -0.2) is 13.4 Å². The molecule has 2 aromatic rings. The molecule has 0 bridgehead atoms. The first-order valence-electron chi connectivity index (χ1n) is 9.99. The number of hydrogen-bond acceptors (Lipinski definition) is 7. The monoisotopic (exact) mass is 426 g/mol. The smallest absolute Gasteiger partial charge is 0.261 e. The van der Waals surface area contributed by atoms with Gasteiger partial charge in [-0.2, -0.15) is 4.99 Å². The number of rotatable bonds is 4. The molecule has 2 aliphatic rings. The molecule has 158 valence electrons. The Morgan fingerprint density at radius 1 is 1.00 bits per heavy atom. The molecule has 4 rings (SSSR count). The van der Waals surface area contributed by atoms with E-state index in [-0.39, 0.29) is 16.8 Å². The Morgan fingerprint density at radius 3 is 2.33 bits per heavy atom. The maximum Gasteiger partial charge on any atom is 0.261 e. The summed E-state index contributed by atoms with van der Waals surface area (Å²) >= 11 is 0. The molecule has 1 aliphatic heterocycles. The van der Waals surface area contributed by atoms with E-state index in [1.54, 1.807) is 36.4 Å². The minimum Gasteiger partial charge on any atom is -0.369 e. The van der Waals surface area contributed by atoms with Crippen LogP contribution >= 0.6 is 0 Å². The molecule has 9 heteroatoms. The van der Waals surface area contributed by atoms with Crippen molar-refractivity contribution in [1.82, 2.24) is 0 Å². The van der Waals surface area contributed by atoms with Gasteiger partial charge in [0.15, 0.2) is 0 Å². The third-order valence-corrected chi connectivity index (χ3v) is 7.03. The van der Waals surface area contributed by atoms with Gasteiger partial charge < -0.3 is 11.5 Å². The van der Waals surface area contributed by atoms with Crippen LogP contribution in [0.25, 0.3) is 0 Å². The van der Waals surface area contributed by atoms with Crippen molar-refractivity contribution in [1.29, 1.82) is 0 Å². The van der Waals surface area contributed by atoms with Gasteiger partial charge >= 0.3 is 0 Å². The summed E-state index contributed by atoms with van der Waals surface area (Å²) in [6, 6.07) is 13.9. The Bertz CT molecular complexity index is 1100. The summed E-state index contributed by atoms with van der Waals surface area (Å²) in [4.78, 5) is 10.8. The minimum atomic E-state index is -3.72. The number of nitrogens with one attached hydrogen (secondary N) is 1. The molecule has 8 nitrogen and oxygen atoms in total. The van der Waals surface area contributed by atoms with Crippen LogP contribution in [0.4, 0.5) is 11.4 Å². The zero-order chi connectivity index (χ0) is 21.4. The molecular formula is C21H26N6O2S. The summed E-state index contributed by atoms with van der Waals surface area (Å²) in [5, 5.41) is 0. The standard InChI is InChI=1S/C21H26N6O2S/c1-15-7-3-4-8-18(15)26-30(28,29)17-11-9-16(10-12-17)27-20(23)24-19(22)25-21(27)13-5-2-6-14-21/h3-4,7-12,26H,2,5-6,13-14H2,1H3,(H4,22,23,24,25). The lowest BCUT2D eigenvalue weighted by Gasteiger charge is -2.45. The van der Waals surface area contributed by atoms with Gasteiger partial charge in [-0.15, -0.1) is 0 Å². The molecule has 30 heavy (non-hydrogen) atoms. The van der Waals surface area contributed by atoms with Crippen molar-refractivity contribution in [3.05, 3.63) is 54.1 Å². The predicted octanol–water partition coefficient (Wildman–Crippen LogP) is 2.91. The van der Waals surface area contributed by atoms with Gasteiger partial charge in [-0.3, -0.25) is 9.62 Å². The highest BCUT2D eigenvalue weighted by Crippen LogP contribution is 2.39. The first kappa shape index (κ1) is 20.2. The number of nitrogens with zero attached hydrogens (tertiary/aromatic N) is 3. The quantitative estimate of drug-likeness (QED) is 0.693. The second-order valence-corrected chi connectivity index (χ2v) is 9.42. The number of sulfonamides is 1. The fourth-order valence-corrected chi connectivity index (χ4v) is 5.29. The van der Waals surface area contributed by atoms with E-state index in [9.17, 15) is 8.42 Å². The number of nitrogens with two attached hydrogens (primary N) is 2. The third kappa shape index (κ3) is 3.72. The lowest BCUT2D eigenvalue weighted by molar-refractivity contribution is 0.305. The lowest BCUT2D eigenvalue weighted by atomic mass is 9.87. The molecule has 1 heterocycles. The first-order valence-corrected chi connectivity index (χ1v) is 11.5. The van der Waals surface area contributed by atoms with Gasteiger partial charge in [0.05, 0.1) is 10.6 Å². The Kier molecular flexibility index (Phi) is 5.15. The van der Waals surface area contributed by atoms with Crippen molar-refractivity contribution < 1.29 is 8.42 Å². The number of para-hydroxylation sites is 1. The zero-order valence-electron chi connectivity index (χ0n) is 16.9. The zero-order valence-corrected chi connectivity index (χ0v) is 17.7. The molecule has 1 saturated carbocycles. The van der Waals surface area contributed by atoms with E-state index in [1.807, 2.05) is 24.0 Å². The van der Waals surface area contributed by atoms with Gasteiger partial charge in [-0.05, 0) is 68.5 Å². The second kappa shape index (κ2) is 7.64. The van der Waals surface area contributed by atoms with Crippen LogP contribution in [0.1, 0.15) is 37.7 Å². The summed E-state index contributed by atoms with van der Waals surface area (Å²) in [5.74, 6) is 0.463. The van der Waals surface area contributed by atoms with Crippen molar-refractivity contribution in [3.8, 4) is 0 Å². The van der Waals surface area contributed by atoms with Crippen LogP contribution in [-0.2, 0) is 10.0 Å². The minimum absolute atomic E-state index is 0.169. The van der Waals surface area contributed by atoms with Crippen LogP contribution in [0.15, 0.2) is 63.4 Å². The number of benzene rings is 2. The topological polar surface area (TPSA) is 126 Å². The van der Waals surface area contributed by atoms with E-state index in [0.29, 0.717) is 5.69 Å². The Hall–Kier alpha value is -3.07. The summed E-state index contributed by atoms with van der Waals surface area (Å²) in [6.45, 7) is 1.86. The van der Waals surface area contributed by atoms with E-state index in [1.165, 1.54) is 0 Å². The average molecular weight is 427 g/mol. The number of anilines is 2. The fourth-order valence-electron chi connectivity index (χ4n) is 4.16. The molecule has 2 aromatic carbocycles. The van der Waals surface area contributed by atoms with Gasteiger partial charge in [0.1, 0.15) is 5.66 Å². The van der Waals surface area contributed by atoms with E-state index in [4.69, 9.17) is 11.5 Å². The lowest BCUT2D eigenvalue weighted by Crippen LogP contribution is -2.58. The normalized spacial score (nSPS) is 18.6. The highest BCUT2D eigenvalue weighted by molar-refractivity contribution is 7.92. The summed E-state index contributed by atoms with van der Waals surface area (Å²) < 4.78 is 28.3. The van der Waals surface area contributed by atoms with Gasteiger partial charge in [0.25, 0.3) is 10.0 Å². The molecule has 0 saturated heterocycles. The molecule has 0 unspecified atom stereocenters. The van der Waals surface area contributed by atoms with E-state index in [0.717, 1.165) is 43.4 Å². The maximum atomic E-state index is 12.8. The van der Waals surface area contributed by atoms with Gasteiger partial charge in [0.2, 0.25) is 11.9 Å². The SMILES string of the molecule is Cc1ccccc1NS(=O)(=O)c1ccc(N2C(N)=NC(N)=NC23CCCCC3)cc1. The van der Waals surface area contributed by atoms with Crippen molar-refractivity contribution >= 4 is 33.3 Å². The van der Waals surface area contributed by atoms with Gasteiger partial charge in [0, 0.05) is 5.69 Å². The van der Waals surface area contributed by atoms with Crippen molar-refractivity contribution in [2.45, 2.75) is 49.6 Å². The predicted molar refractivity (Wildman–Crippen MR) is 120 cm³/mol. The molecule has 0 atom stereocenters. The fraction of sp³-hybridized carbons (Fsp3) is 0.333. The van der Waals surface area contributed by atoms with E-state index in [2.05, 4.69) is 14.7 Å². The molecule has 1 aliphatic carbocycles. The Balaban J connectivity index is 1.64. The number of guanidine groups is 2. The highest BCUT2D eigenvalue weighted by atomic mass is 32.2. The van der Waals surface area contributed by atoms with Crippen LogP contribution in [0.2, 0.25) is 0 Å². The highest BCUT2D eigenvalue weighted by Gasteiger charge is 2.42. The first-order chi connectivity index (χ1) is 14.3. The third-order valence-electron chi connectivity index (χ3n) is 5.65. The molecular weight excluding hydrogens is 400 g/mol. The van der Waals surface area contributed by atoms with Crippen molar-refractivity contribution in [2.24, 2.45) is 21.5 Å². The number of aliphatic imine (C=N–C) groups is 2. The Morgan fingerprint density at radius 2 is 1.67 bits per heavy atom. The average Bonchev–Trinajstić information content (AvgIpc) is 2.70. The second-order valence-electron chi connectivity index (χ2n) is 7.73. The largest absolute Gasteiger partial charge is 0.369 e. The maximum absolute atomic E-state index is 12.8. The van der Waals surface area contributed by atoms with Gasteiger partial charge in [-0.1, -0.05) is 24.6 Å². The summed E-state index contributed by atoms with van der Waals surface area (Å²) in [6.07, 6.45) is 4.82.